The van der Waals surface area contributed by atoms with E-state index >= 15 is 0 Å². The molecule has 2 aromatic carbocycles. The van der Waals surface area contributed by atoms with Crippen LogP contribution in [0.5, 0.6) is 0 Å². The maximum Gasteiger partial charge on any atom is 0.266 e. The molecule has 2 nitrogen and oxygen atoms in total. The standard InChI is InChI=1S/C14H11NOS/c1-9-4-2-5-10(8-9)11-6-3-7-12-13(11)15-14(17)16-12/h2-8H,1H3,(H,15,17). The molecule has 0 saturated heterocycles. The average Bonchev–Trinajstić information content (AvgIpc) is 2.68. The number of rotatable bonds is 1. The van der Waals surface area contributed by atoms with Crippen molar-refractivity contribution in [1.82, 2.24) is 4.98 Å². The Morgan fingerprint density at radius 2 is 1.94 bits per heavy atom. The second-order valence-electron chi connectivity index (χ2n) is 4.06. The highest BCUT2D eigenvalue weighted by Gasteiger charge is 2.06. The molecule has 1 heterocycles. The van der Waals surface area contributed by atoms with Crippen LogP contribution in [0, 0.1) is 11.8 Å². The quantitative estimate of drug-likeness (QED) is 0.637. The summed E-state index contributed by atoms with van der Waals surface area (Å²) in [4.78, 5) is 3.51. The minimum atomic E-state index is 0.417. The van der Waals surface area contributed by atoms with Gasteiger partial charge in [0.05, 0.1) is 5.52 Å². The molecule has 3 rings (SSSR count). The van der Waals surface area contributed by atoms with E-state index in [0.29, 0.717) is 4.84 Å². The van der Waals surface area contributed by atoms with E-state index < -0.39 is 0 Å². The number of hydrogen-bond acceptors (Lipinski definition) is 2. The smallest absolute Gasteiger partial charge is 0.266 e. The number of para-hydroxylation sites is 1. The molecule has 0 unspecified atom stereocenters. The van der Waals surface area contributed by atoms with Crippen molar-refractivity contribution in [3.8, 4) is 11.1 Å². The van der Waals surface area contributed by atoms with Gasteiger partial charge in [0.15, 0.2) is 5.58 Å². The fourth-order valence-corrected chi connectivity index (χ4v) is 2.22. The van der Waals surface area contributed by atoms with Crippen LogP contribution in [-0.4, -0.2) is 4.98 Å². The third kappa shape index (κ3) is 1.78. The molecule has 0 spiro atoms. The lowest BCUT2D eigenvalue weighted by Crippen LogP contribution is -1.81. The van der Waals surface area contributed by atoms with Gasteiger partial charge < -0.3 is 9.40 Å². The lowest BCUT2D eigenvalue weighted by atomic mass is 10.0. The Balaban J connectivity index is 2.33. The minimum absolute atomic E-state index is 0.417. The van der Waals surface area contributed by atoms with Gasteiger partial charge in [-0.05, 0) is 30.8 Å². The van der Waals surface area contributed by atoms with Gasteiger partial charge in [0.25, 0.3) is 4.84 Å². The first-order valence-corrected chi connectivity index (χ1v) is 5.84. The van der Waals surface area contributed by atoms with Crippen LogP contribution in [0.3, 0.4) is 0 Å². The largest absolute Gasteiger partial charge is 0.429 e. The van der Waals surface area contributed by atoms with Crippen molar-refractivity contribution in [1.29, 1.82) is 0 Å². The fraction of sp³-hybridized carbons (Fsp3) is 0.0714. The molecule has 0 atom stereocenters. The zero-order valence-electron chi connectivity index (χ0n) is 9.36. The van der Waals surface area contributed by atoms with Crippen molar-refractivity contribution in [3.63, 3.8) is 0 Å². The van der Waals surface area contributed by atoms with Crippen molar-refractivity contribution in [3.05, 3.63) is 52.9 Å². The molecule has 0 aliphatic rings. The van der Waals surface area contributed by atoms with Gasteiger partial charge in [-0.25, -0.2) is 0 Å². The Morgan fingerprint density at radius 1 is 1.12 bits per heavy atom. The highest BCUT2D eigenvalue weighted by Crippen LogP contribution is 2.28. The van der Waals surface area contributed by atoms with Gasteiger partial charge in [-0.1, -0.05) is 42.0 Å². The van der Waals surface area contributed by atoms with Gasteiger partial charge in [0.2, 0.25) is 0 Å². The summed E-state index contributed by atoms with van der Waals surface area (Å²) in [5.74, 6) is 0. The Bertz CT molecular complexity index is 739. The topological polar surface area (TPSA) is 28.9 Å². The normalized spacial score (nSPS) is 10.9. The predicted molar refractivity (Wildman–Crippen MR) is 71.6 cm³/mol. The number of benzene rings is 2. The Hall–Kier alpha value is -1.87. The van der Waals surface area contributed by atoms with Crippen molar-refractivity contribution >= 4 is 23.3 Å². The molecular weight excluding hydrogens is 230 g/mol. The number of aromatic nitrogens is 1. The summed E-state index contributed by atoms with van der Waals surface area (Å²) in [5.41, 5.74) is 5.28. The summed E-state index contributed by atoms with van der Waals surface area (Å²) in [6, 6.07) is 14.3. The third-order valence-corrected chi connectivity index (χ3v) is 2.97. The highest BCUT2D eigenvalue weighted by molar-refractivity contribution is 7.71. The summed E-state index contributed by atoms with van der Waals surface area (Å²) < 4.78 is 5.42. The molecule has 84 valence electrons. The molecule has 17 heavy (non-hydrogen) atoms. The van der Waals surface area contributed by atoms with Crippen LogP contribution in [0.1, 0.15) is 5.56 Å². The van der Waals surface area contributed by atoms with Crippen LogP contribution < -0.4 is 0 Å². The van der Waals surface area contributed by atoms with E-state index in [1.165, 1.54) is 11.1 Å². The van der Waals surface area contributed by atoms with Crippen molar-refractivity contribution in [2.24, 2.45) is 0 Å². The van der Waals surface area contributed by atoms with Crippen LogP contribution in [0.2, 0.25) is 0 Å². The van der Waals surface area contributed by atoms with E-state index in [9.17, 15) is 0 Å². The molecule has 0 radical (unpaired) electrons. The molecule has 3 aromatic rings. The van der Waals surface area contributed by atoms with E-state index in [2.05, 4.69) is 42.2 Å². The van der Waals surface area contributed by atoms with Crippen LogP contribution in [0.15, 0.2) is 46.9 Å². The maximum atomic E-state index is 5.42. The van der Waals surface area contributed by atoms with Gasteiger partial charge in [-0.15, -0.1) is 0 Å². The number of fused-ring (bicyclic) bond motifs is 1. The van der Waals surface area contributed by atoms with Gasteiger partial charge in [0, 0.05) is 5.56 Å². The molecule has 1 aromatic heterocycles. The fourth-order valence-electron chi connectivity index (χ4n) is 2.03. The van der Waals surface area contributed by atoms with Crippen LogP contribution in [0.4, 0.5) is 0 Å². The van der Waals surface area contributed by atoms with Crippen molar-refractivity contribution in [2.45, 2.75) is 6.92 Å². The van der Waals surface area contributed by atoms with E-state index in [1.54, 1.807) is 0 Å². The predicted octanol–water partition coefficient (Wildman–Crippen LogP) is 4.47. The van der Waals surface area contributed by atoms with Crippen molar-refractivity contribution in [2.75, 3.05) is 0 Å². The Labute approximate surface area is 104 Å². The highest BCUT2D eigenvalue weighted by atomic mass is 32.1. The number of aryl methyl sites for hydroxylation is 1. The first-order valence-electron chi connectivity index (χ1n) is 5.43. The zero-order valence-corrected chi connectivity index (χ0v) is 10.2. The molecule has 0 aliphatic heterocycles. The van der Waals surface area contributed by atoms with E-state index in [1.807, 2.05) is 12.1 Å². The second-order valence-corrected chi connectivity index (χ2v) is 4.43. The zero-order chi connectivity index (χ0) is 11.8. The summed E-state index contributed by atoms with van der Waals surface area (Å²) in [5, 5.41) is 0. The maximum absolute atomic E-state index is 5.42. The van der Waals surface area contributed by atoms with E-state index in [-0.39, 0.29) is 0 Å². The second kappa shape index (κ2) is 3.86. The SMILES string of the molecule is Cc1cccc(-c2cccc3oc(=S)[nH]c23)c1. The lowest BCUT2D eigenvalue weighted by Gasteiger charge is -2.03. The summed E-state index contributed by atoms with van der Waals surface area (Å²) >= 11 is 5.03. The molecule has 0 amide bonds. The summed E-state index contributed by atoms with van der Waals surface area (Å²) in [6.45, 7) is 2.08. The number of hydrogen-bond donors (Lipinski definition) is 1. The van der Waals surface area contributed by atoms with Gasteiger partial charge >= 0.3 is 0 Å². The first kappa shape index (κ1) is 10.3. The number of aromatic amines is 1. The molecular formula is C14H11NOS. The van der Waals surface area contributed by atoms with Gasteiger partial charge in [-0.3, -0.25) is 0 Å². The Kier molecular flexibility index (Phi) is 2.34. The van der Waals surface area contributed by atoms with Crippen LogP contribution in [0.25, 0.3) is 22.2 Å². The first-order chi connectivity index (χ1) is 8.24. The monoisotopic (exact) mass is 241 g/mol. The third-order valence-electron chi connectivity index (χ3n) is 2.79. The van der Waals surface area contributed by atoms with E-state index in [0.717, 1.165) is 16.7 Å². The molecule has 0 saturated carbocycles. The molecule has 0 aliphatic carbocycles. The molecule has 1 N–H and O–H groups in total. The van der Waals surface area contributed by atoms with Crippen LogP contribution in [-0.2, 0) is 0 Å². The van der Waals surface area contributed by atoms with E-state index in [4.69, 9.17) is 16.6 Å². The molecule has 0 fully saturated rings. The summed E-state index contributed by atoms with van der Waals surface area (Å²) in [7, 11) is 0. The minimum Gasteiger partial charge on any atom is -0.429 e. The molecule has 0 bridgehead atoms. The summed E-state index contributed by atoms with van der Waals surface area (Å²) in [6.07, 6.45) is 0. The number of nitrogens with one attached hydrogen (secondary N) is 1. The van der Waals surface area contributed by atoms with Crippen LogP contribution >= 0.6 is 12.2 Å². The van der Waals surface area contributed by atoms with Crippen molar-refractivity contribution < 1.29 is 4.42 Å². The molecule has 3 heteroatoms. The van der Waals surface area contributed by atoms with Gasteiger partial charge in [-0.2, -0.15) is 0 Å². The number of H-pyrrole nitrogens is 1. The Morgan fingerprint density at radius 3 is 2.76 bits per heavy atom. The average molecular weight is 241 g/mol. The number of oxazole rings is 1. The van der Waals surface area contributed by atoms with Gasteiger partial charge in [0.1, 0.15) is 0 Å². The lowest BCUT2D eigenvalue weighted by molar-refractivity contribution is 0.583.